The highest BCUT2D eigenvalue weighted by Crippen LogP contribution is 2.57. The van der Waals surface area contributed by atoms with E-state index in [2.05, 4.69) is 21.1 Å². The second kappa shape index (κ2) is 6.44. The Kier molecular flexibility index (Phi) is 4.26. The minimum atomic E-state index is 0.00738. The molecule has 0 saturated heterocycles. The van der Waals surface area contributed by atoms with Crippen molar-refractivity contribution < 1.29 is 9.32 Å². The van der Waals surface area contributed by atoms with Crippen molar-refractivity contribution in [3.05, 3.63) is 11.7 Å². The minimum absolute atomic E-state index is 0.00738. The molecule has 0 spiro atoms. The topological polar surface area (TPSA) is 83.0 Å². The van der Waals surface area contributed by atoms with Crippen molar-refractivity contribution in [2.45, 2.75) is 70.3 Å². The molecule has 1 amide bonds. The first kappa shape index (κ1) is 16.6. The third-order valence-corrected chi connectivity index (χ3v) is 6.45. The molecule has 0 unspecified atom stereocenters. The summed E-state index contributed by atoms with van der Waals surface area (Å²) in [5, 5.41) is 12.9. The molecule has 6 heteroatoms. The van der Waals surface area contributed by atoms with E-state index in [0.717, 1.165) is 37.0 Å². The Bertz CT molecular complexity index is 655. The van der Waals surface area contributed by atoms with E-state index in [1.807, 2.05) is 0 Å². The van der Waals surface area contributed by atoms with Gasteiger partial charge >= 0.3 is 0 Å². The predicted molar refractivity (Wildman–Crippen MR) is 90.2 cm³/mol. The maximum atomic E-state index is 13.1. The number of hydrogen-bond donors (Lipinski definition) is 0. The summed E-state index contributed by atoms with van der Waals surface area (Å²) in [6, 6.07) is 2.23. The van der Waals surface area contributed by atoms with Crippen LogP contribution in [0, 0.1) is 36.0 Å². The summed E-state index contributed by atoms with van der Waals surface area (Å²) in [4.78, 5) is 19.3. The number of aromatic nitrogens is 2. The molecule has 0 N–H and O–H groups in total. The SMILES string of the molecule is Cc1noc(CCC(=O)N(CCC#N)C23CC4CC(CC(C4)C2)C3)n1. The highest BCUT2D eigenvalue weighted by atomic mass is 16.5. The van der Waals surface area contributed by atoms with Crippen molar-refractivity contribution in [1.82, 2.24) is 15.0 Å². The number of aryl methyl sites for hydroxylation is 2. The van der Waals surface area contributed by atoms with Crippen molar-refractivity contribution >= 4 is 5.91 Å². The summed E-state index contributed by atoms with van der Waals surface area (Å²) in [6.45, 7) is 2.34. The van der Waals surface area contributed by atoms with Crippen LogP contribution < -0.4 is 0 Å². The van der Waals surface area contributed by atoms with Crippen LogP contribution in [0.4, 0.5) is 0 Å². The van der Waals surface area contributed by atoms with E-state index in [0.29, 0.717) is 37.5 Å². The molecule has 0 radical (unpaired) electrons. The van der Waals surface area contributed by atoms with Crippen LogP contribution in [-0.2, 0) is 11.2 Å². The highest BCUT2D eigenvalue weighted by molar-refractivity contribution is 5.77. The maximum absolute atomic E-state index is 13.1. The molecule has 1 heterocycles. The molecule has 25 heavy (non-hydrogen) atoms. The lowest BCUT2D eigenvalue weighted by Crippen LogP contribution is -2.61. The average molecular weight is 342 g/mol. The number of nitrogens with zero attached hydrogens (tertiary/aromatic N) is 4. The first-order valence-corrected chi connectivity index (χ1v) is 9.54. The van der Waals surface area contributed by atoms with Gasteiger partial charge in [0.1, 0.15) is 0 Å². The third kappa shape index (κ3) is 3.17. The smallest absolute Gasteiger partial charge is 0.227 e. The molecule has 4 aliphatic rings. The summed E-state index contributed by atoms with van der Waals surface area (Å²) in [5.41, 5.74) is 0.00738. The number of carbonyl (C=O) groups is 1. The Labute approximate surface area is 148 Å². The molecular weight excluding hydrogens is 316 g/mol. The second-order valence-electron chi connectivity index (χ2n) is 8.33. The molecule has 0 aromatic carbocycles. The maximum Gasteiger partial charge on any atom is 0.227 e. The van der Waals surface area contributed by atoms with Gasteiger partial charge < -0.3 is 9.42 Å². The molecular formula is C19H26N4O2. The Morgan fingerprint density at radius 1 is 1.28 bits per heavy atom. The summed E-state index contributed by atoms with van der Waals surface area (Å²) < 4.78 is 5.14. The van der Waals surface area contributed by atoms with E-state index in [1.165, 1.54) is 19.3 Å². The molecule has 5 rings (SSSR count). The zero-order valence-electron chi connectivity index (χ0n) is 14.9. The first-order chi connectivity index (χ1) is 12.1. The van der Waals surface area contributed by atoms with Crippen LogP contribution in [0.15, 0.2) is 4.52 Å². The quantitative estimate of drug-likeness (QED) is 0.793. The van der Waals surface area contributed by atoms with Crippen LogP contribution in [0.5, 0.6) is 0 Å². The van der Waals surface area contributed by atoms with Gasteiger partial charge in [0.25, 0.3) is 0 Å². The van der Waals surface area contributed by atoms with Crippen LogP contribution >= 0.6 is 0 Å². The number of carbonyl (C=O) groups excluding carboxylic acids is 1. The molecule has 0 aliphatic heterocycles. The van der Waals surface area contributed by atoms with Crippen LogP contribution in [0.1, 0.15) is 63.1 Å². The number of amides is 1. The van der Waals surface area contributed by atoms with E-state index in [4.69, 9.17) is 9.78 Å². The lowest BCUT2D eigenvalue weighted by atomic mass is 9.52. The van der Waals surface area contributed by atoms with Gasteiger partial charge in [0.15, 0.2) is 5.82 Å². The Morgan fingerprint density at radius 3 is 2.44 bits per heavy atom. The first-order valence-electron chi connectivity index (χ1n) is 9.54. The molecule has 4 fully saturated rings. The van der Waals surface area contributed by atoms with Gasteiger partial charge in [-0.1, -0.05) is 5.16 Å². The lowest BCUT2D eigenvalue weighted by Gasteiger charge is -2.60. The molecule has 6 nitrogen and oxygen atoms in total. The Balaban J connectivity index is 1.49. The fourth-order valence-electron chi connectivity index (χ4n) is 5.97. The normalized spacial score (nSPS) is 32.6. The minimum Gasteiger partial charge on any atom is -0.339 e. The van der Waals surface area contributed by atoms with E-state index >= 15 is 0 Å². The van der Waals surface area contributed by atoms with Crippen LogP contribution in [-0.4, -0.2) is 33.0 Å². The third-order valence-electron chi connectivity index (χ3n) is 6.45. The number of rotatable bonds is 6. The van der Waals surface area contributed by atoms with Crippen molar-refractivity contribution in [3.63, 3.8) is 0 Å². The van der Waals surface area contributed by atoms with E-state index < -0.39 is 0 Å². The van der Waals surface area contributed by atoms with Gasteiger partial charge in [-0.25, -0.2) is 0 Å². The molecule has 4 aliphatic carbocycles. The van der Waals surface area contributed by atoms with Gasteiger partial charge in [0, 0.05) is 24.9 Å². The van der Waals surface area contributed by atoms with E-state index in [9.17, 15) is 4.79 Å². The van der Waals surface area contributed by atoms with Crippen molar-refractivity contribution in [2.75, 3.05) is 6.54 Å². The number of nitriles is 1. The van der Waals surface area contributed by atoms with Crippen LogP contribution in [0.2, 0.25) is 0 Å². The van der Waals surface area contributed by atoms with E-state index in [-0.39, 0.29) is 11.4 Å². The van der Waals surface area contributed by atoms with Crippen LogP contribution in [0.3, 0.4) is 0 Å². The van der Waals surface area contributed by atoms with Gasteiger partial charge in [-0.2, -0.15) is 10.2 Å². The fourth-order valence-corrected chi connectivity index (χ4v) is 5.97. The second-order valence-corrected chi connectivity index (χ2v) is 8.33. The highest BCUT2D eigenvalue weighted by Gasteiger charge is 2.54. The molecule has 4 saturated carbocycles. The monoisotopic (exact) mass is 342 g/mol. The summed E-state index contributed by atoms with van der Waals surface area (Å²) in [7, 11) is 0. The van der Waals surface area contributed by atoms with Crippen LogP contribution in [0.25, 0.3) is 0 Å². The van der Waals surface area contributed by atoms with Gasteiger partial charge in [-0.3, -0.25) is 4.79 Å². The molecule has 1 aromatic heterocycles. The molecule has 4 bridgehead atoms. The molecule has 134 valence electrons. The van der Waals surface area contributed by atoms with Gasteiger partial charge in [0.2, 0.25) is 11.8 Å². The summed E-state index contributed by atoms with van der Waals surface area (Å²) >= 11 is 0. The van der Waals surface area contributed by atoms with Gasteiger partial charge in [-0.05, 0) is 63.2 Å². The van der Waals surface area contributed by atoms with Crippen molar-refractivity contribution in [2.24, 2.45) is 17.8 Å². The number of hydrogen-bond acceptors (Lipinski definition) is 5. The predicted octanol–water partition coefficient (Wildman–Crippen LogP) is 3.02. The lowest BCUT2D eigenvalue weighted by molar-refractivity contribution is -0.150. The standard InChI is InChI=1S/C19H26N4O2/c1-13-21-17(25-22-13)3-4-18(24)23(6-2-5-20)19-10-14-7-15(11-19)9-16(8-14)12-19/h14-16H,2-4,6-12H2,1H3. The summed E-state index contributed by atoms with van der Waals surface area (Å²) in [6.07, 6.45) is 8.72. The summed E-state index contributed by atoms with van der Waals surface area (Å²) in [5.74, 6) is 3.61. The molecule has 1 aromatic rings. The van der Waals surface area contributed by atoms with Gasteiger partial charge in [0.05, 0.1) is 12.5 Å². The van der Waals surface area contributed by atoms with E-state index in [1.54, 1.807) is 6.92 Å². The largest absolute Gasteiger partial charge is 0.339 e. The average Bonchev–Trinajstić information content (AvgIpc) is 2.97. The van der Waals surface area contributed by atoms with Crippen molar-refractivity contribution in [3.8, 4) is 6.07 Å². The van der Waals surface area contributed by atoms with Gasteiger partial charge in [-0.15, -0.1) is 0 Å². The molecule has 0 atom stereocenters. The Hall–Kier alpha value is -1.90. The zero-order valence-corrected chi connectivity index (χ0v) is 14.9. The fraction of sp³-hybridized carbons (Fsp3) is 0.789. The Morgan fingerprint density at radius 2 is 1.92 bits per heavy atom. The van der Waals surface area contributed by atoms with Crippen molar-refractivity contribution in [1.29, 1.82) is 5.26 Å². The zero-order chi connectivity index (χ0) is 17.4.